The minimum Gasteiger partial charge on any atom is -0.496 e. The van der Waals surface area contributed by atoms with Gasteiger partial charge in [0, 0.05) is 6.04 Å². The molecule has 0 aliphatic rings. The van der Waals surface area contributed by atoms with Gasteiger partial charge in [-0.25, -0.2) is 0 Å². The largest absolute Gasteiger partial charge is 0.496 e. The van der Waals surface area contributed by atoms with Crippen LogP contribution in [0.4, 0.5) is 0 Å². The molecule has 0 saturated heterocycles. The van der Waals surface area contributed by atoms with Crippen molar-refractivity contribution in [3.05, 3.63) is 28.8 Å². The molecule has 3 heteroatoms. The molecule has 18 heavy (non-hydrogen) atoms. The molecule has 0 radical (unpaired) electrons. The first-order valence-electron chi connectivity index (χ1n) is 6.61. The summed E-state index contributed by atoms with van der Waals surface area (Å²) in [4.78, 5) is 0. The van der Waals surface area contributed by atoms with E-state index in [1.807, 2.05) is 14.1 Å². The number of aryl methyl sites for hydroxylation is 2. The van der Waals surface area contributed by atoms with Gasteiger partial charge in [0.1, 0.15) is 5.75 Å². The summed E-state index contributed by atoms with van der Waals surface area (Å²) in [6.07, 6.45) is 2.31. The maximum Gasteiger partial charge on any atom is 0.124 e. The van der Waals surface area contributed by atoms with Gasteiger partial charge in [0.2, 0.25) is 0 Å². The number of hydrogen-bond acceptors (Lipinski definition) is 3. The first-order chi connectivity index (χ1) is 8.63. The van der Waals surface area contributed by atoms with Gasteiger partial charge in [0.15, 0.2) is 0 Å². The molecule has 1 rings (SSSR count). The van der Waals surface area contributed by atoms with Crippen molar-refractivity contribution in [1.29, 1.82) is 0 Å². The average Bonchev–Trinajstić information content (AvgIpc) is 2.34. The quantitative estimate of drug-likeness (QED) is 0.730. The van der Waals surface area contributed by atoms with E-state index >= 15 is 0 Å². The predicted octanol–water partition coefficient (Wildman–Crippen LogP) is 2.57. The minimum absolute atomic E-state index is 0.418. The van der Waals surface area contributed by atoms with Crippen LogP contribution in [0.3, 0.4) is 0 Å². The molecule has 102 valence electrons. The Labute approximate surface area is 111 Å². The average molecular weight is 250 g/mol. The third-order valence-corrected chi connectivity index (χ3v) is 3.36. The van der Waals surface area contributed by atoms with E-state index in [4.69, 9.17) is 4.74 Å². The molecule has 1 aromatic carbocycles. The molecule has 1 aromatic rings. The summed E-state index contributed by atoms with van der Waals surface area (Å²) in [6, 6.07) is 4.88. The van der Waals surface area contributed by atoms with Gasteiger partial charge in [-0.1, -0.05) is 12.1 Å². The Morgan fingerprint density at radius 2 is 1.78 bits per heavy atom. The minimum atomic E-state index is 0.418. The lowest BCUT2D eigenvalue weighted by Crippen LogP contribution is -2.19. The molecular weight excluding hydrogens is 224 g/mol. The summed E-state index contributed by atoms with van der Waals surface area (Å²) < 4.78 is 5.41. The number of ether oxygens (including phenoxy) is 1. The van der Waals surface area contributed by atoms with Crippen molar-refractivity contribution < 1.29 is 4.74 Å². The maximum absolute atomic E-state index is 5.41. The predicted molar refractivity (Wildman–Crippen MR) is 77.4 cm³/mol. The van der Waals surface area contributed by atoms with Crippen LogP contribution in [0.25, 0.3) is 0 Å². The van der Waals surface area contributed by atoms with Gasteiger partial charge in [-0.05, 0) is 64.0 Å². The van der Waals surface area contributed by atoms with E-state index in [-0.39, 0.29) is 0 Å². The monoisotopic (exact) mass is 250 g/mol. The molecule has 0 saturated carbocycles. The lowest BCUT2D eigenvalue weighted by atomic mass is 9.97. The topological polar surface area (TPSA) is 33.3 Å². The first kappa shape index (κ1) is 15.0. The van der Waals surface area contributed by atoms with Gasteiger partial charge >= 0.3 is 0 Å². The molecule has 1 atom stereocenters. The van der Waals surface area contributed by atoms with Gasteiger partial charge in [0.25, 0.3) is 0 Å². The molecule has 0 spiro atoms. The van der Waals surface area contributed by atoms with Gasteiger partial charge in [-0.15, -0.1) is 0 Å². The fourth-order valence-electron chi connectivity index (χ4n) is 2.47. The molecule has 2 N–H and O–H groups in total. The second-order valence-electron chi connectivity index (χ2n) is 4.77. The van der Waals surface area contributed by atoms with Crippen LogP contribution < -0.4 is 15.4 Å². The Hall–Kier alpha value is -1.06. The van der Waals surface area contributed by atoms with E-state index in [1.54, 1.807) is 7.11 Å². The van der Waals surface area contributed by atoms with Crippen LogP contribution in [0.1, 0.15) is 35.6 Å². The highest BCUT2D eigenvalue weighted by Gasteiger charge is 2.12. The van der Waals surface area contributed by atoms with Gasteiger partial charge in [0.05, 0.1) is 7.11 Å². The van der Waals surface area contributed by atoms with E-state index < -0.39 is 0 Å². The zero-order valence-electron chi connectivity index (χ0n) is 12.3. The fraction of sp³-hybridized carbons (Fsp3) is 0.600. The van der Waals surface area contributed by atoms with Crippen LogP contribution in [0.2, 0.25) is 0 Å². The molecule has 0 bridgehead atoms. The molecule has 0 aromatic heterocycles. The smallest absolute Gasteiger partial charge is 0.124 e. The normalized spacial score (nSPS) is 12.5. The first-order valence-corrected chi connectivity index (χ1v) is 6.61. The number of hydrogen-bond donors (Lipinski definition) is 2. The van der Waals surface area contributed by atoms with Crippen molar-refractivity contribution in [2.45, 2.75) is 32.7 Å². The SMILES string of the molecule is CNCCCC(NC)c1cc(C)c(OC)c(C)c1. The summed E-state index contributed by atoms with van der Waals surface area (Å²) in [5.41, 5.74) is 3.77. The Balaban J connectivity index is 2.86. The third kappa shape index (κ3) is 3.72. The second kappa shape index (κ2) is 7.39. The molecule has 3 nitrogen and oxygen atoms in total. The van der Waals surface area contributed by atoms with Gasteiger partial charge in [-0.3, -0.25) is 0 Å². The highest BCUT2D eigenvalue weighted by atomic mass is 16.5. The number of methoxy groups -OCH3 is 1. The second-order valence-corrected chi connectivity index (χ2v) is 4.77. The molecule has 0 heterocycles. The zero-order valence-corrected chi connectivity index (χ0v) is 12.3. The number of rotatable bonds is 7. The van der Waals surface area contributed by atoms with Gasteiger partial charge in [-0.2, -0.15) is 0 Å². The Kier molecular flexibility index (Phi) is 6.16. The Bertz CT molecular complexity index is 354. The van der Waals surface area contributed by atoms with Crippen LogP contribution in [0.15, 0.2) is 12.1 Å². The van der Waals surface area contributed by atoms with E-state index in [1.165, 1.54) is 23.1 Å². The Morgan fingerprint density at radius 1 is 1.17 bits per heavy atom. The van der Waals surface area contributed by atoms with Crippen molar-refractivity contribution in [2.75, 3.05) is 27.7 Å². The van der Waals surface area contributed by atoms with Crippen LogP contribution in [-0.2, 0) is 0 Å². The third-order valence-electron chi connectivity index (χ3n) is 3.36. The summed E-state index contributed by atoms with van der Waals surface area (Å²) in [6.45, 7) is 5.28. The van der Waals surface area contributed by atoms with E-state index in [2.05, 4.69) is 36.6 Å². The van der Waals surface area contributed by atoms with E-state index in [0.29, 0.717) is 6.04 Å². The molecule has 0 aliphatic carbocycles. The highest BCUT2D eigenvalue weighted by molar-refractivity contribution is 5.44. The van der Waals surface area contributed by atoms with E-state index in [9.17, 15) is 0 Å². The van der Waals surface area contributed by atoms with E-state index in [0.717, 1.165) is 18.7 Å². The number of benzene rings is 1. The van der Waals surface area contributed by atoms with Gasteiger partial charge < -0.3 is 15.4 Å². The standard InChI is InChI=1S/C15H26N2O/c1-11-9-13(10-12(2)15(11)18-5)14(17-4)7-6-8-16-3/h9-10,14,16-17H,6-8H2,1-5H3. The fourth-order valence-corrected chi connectivity index (χ4v) is 2.47. The molecule has 1 unspecified atom stereocenters. The summed E-state index contributed by atoms with van der Waals surface area (Å²) in [5, 5.41) is 6.59. The van der Waals surface area contributed by atoms with Crippen LogP contribution in [-0.4, -0.2) is 27.7 Å². The van der Waals surface area contributed by atoms with Crippen molar-refractivity contribution in [3.8, 4) is 5.75 Å². The lowest BCUT2D eigenvalue weighted by molar-refractivity contribution is 0.407. The molecule has 0 fully saturated rings. The van der Waals surface area contributed by atoms with Crippen molar-refractivity contribution in [1.82, 2.24) is 10.6 Å². The lowest BCUT2D eigenvalue weighted by Gasteiger charge is -2.19. The Morgan fingerprint density at radius 3 is 2.22 bits per heavy atom. The van der Waals surface area contributed by atoms with Crippen LogP contribution >= 0.6 is 0 Å². The summed E-state index contributed by atoms with van der Waals surface area (Å²) in [5.74, 6) is 1.00. The zero-order chi connectivity index (χ0) is 13.5. The molecule has 0 aliphatic heterocycles. The number of nitrogens with one attached hydrogen (secondary N) is 2. The molecular formula is C15H26N2O. The van der Waals surface area contributed by atoms with Crippen molar-refractivity contribution in [3.63, 3.8) is 0 Å². The molecule has 0 amide bonds. The summed E-state index contributed by atoms with van der Waals surface area (Å²) in [7, 11) is 5.76. The summed E-state index contributed by atoms with van der Waals surface area (Å²) >= 11 is 0. The van der Waals surface area contributed by atoms with Crippen LogP contribution in [0, 0.1) is 13.8 Å². The highest BCUT2D eigenvalue weighted by Crippen LogP contribution is 2.28. The van der Waals surface area contributed by atoms with Crippen LogP contribution in [0.5, 0.6) is 5.75 Å². The maximum atomic E-state index is 5.41. The van der Waals surface area contributed by atoms with Crippen molar-refractivity contribution >= 4 is 0 Å². The van der Waals surface area contributed by atoms with Crippen molar-refractivity contribution in [2.24, 2.45) is 0 Å².